The maximum absolute atomic E-state index is 12.2. The number of hydrogen-bond donors (Lipinski definition) is 1. The minimum absolute atomic E-state index is 0.00906. The van der Waals surface area contributed by atoms with Gasteiger partial charge >= 0.3 is 5.97 Å². The highest BCUT2D eigenvalue weighted by Crippen LogP contribution is 2.32. The fraction of sp³-hybridized carbons (Fsp3) is 0.538. The van der Waals surface area contributed by atoms with Crippen LogP contribution in [0.15, 0.2) is 6.07 Å². The molecule has 1 aliphatic rings. The van der Waals surface area contributed by atoms with Gasteiger partial charge in [-0.15, -0.1) is 11.3 Å². The van der Waals surface area contributed by atoms with Gasteiger partial charge in [-0.05, 0) is 30.2 Å². The molecule has 0 unspecified atom stereocenters. The zero-order chi connectivity index (χ0) is 13.8. The molecule has 0 fully saturated rings. The molecule has 0 saturated heterocycles. The molecule has 6 heteroatoms. The van der Waals surface area contributed by atoms with Crippen LogP contribution < -0.4 is 0 Å². The van der Waals surface area contributed by atoms with Crippen LogP contribution in [0.1, 0.15) is 33.0 Å². The van der Waals surface area contributed by atoms with Crippen LogP contribution in [0.4, 0.5) is 0 Å². The molecule has 1 aromatic rings. The van der Waals surface area contributed by atoms with E-state index in [0.29, 0.717) is 13.0 Å². The average Bonchev–Trinajstić information content (AvgIpc) is 2.80. The van der Waals surface area contributed by atoms with Crippen molar-refractivity contribution in [2.24, 2.45) is 0 Å². The number of aryl methyl sites for hydroxylation is 1. The van der Waals surface area contributed by atoms with Gasteiger partial charge in [0.2, 0.25) is 0 Å². The van der Waals surface area contributed by atoms with E-state index in [-0.39, 0.29) is 12.3 Å². The summed E-state index contributed by atoms with van der Waals surface area (Å²) in [6, 6.07) is 2.00. The molecule has 2 rings (SSSR count). The Hall–Kier alpha value is -1.01. The molecule has 0 aliphatic carbocycles. The number of fused-ring (bicyclic) bond motifs is 1. The topological polar surface area (TPSA) is 57.6 Å². The van der Waals surface area contributed by atoms with Crippen molar-refractivity contribution < 1.29 is 14.7 Å². The third kappa shape index (κ3) is 3.73. The first-order chi connectivity index (χ1) is 9.08. The molecule has 104 valence electrons. The van der Waals surface area contributed by atoms with E-state index in [4.69, 9.17) is 5.11 Å². The van der Waals surface area contributed by atoms with Crippen molar-refractivity contribution >= 4 is 35.0 Å². The Morgan fingerprint density at radius 1 is 1.47 bits per heavy atom. The SMILES string of the molecule is CN(CCCC(=O)O)C(=O)c1cc2c(s1)CCSC2. The van der Waals surface area contributed by atoms with Crippen LogP contribution in [-0.2, 0) is 17.0 Å². The number of rotatable bonds is 5. The van der Waals surface area contributed by atoms with Crippen molar-refractivity contribution in [1.82, 2.24) is 4.90 Å². The minimum atomic E-state index is -0.815. The van der Waals surface area contributed by atoms with Gasteiger partial charge in [-0.1, -0.05) is 0 Å². The van der Waals surface area contributed by atoms with Gasteiger partial charge in [-0.3, -0.25) is 9.59 Å². The van der Waals surface area contributed by atoms with Crippen LogP contribution in [-0.4, -0.2) is 41.2 Å². The molecule has 1 N–H and O–H groups in total. The summed E-state index contributed by atoms with van der Waals surface area (Å²) >= 11 is 3.50. The second-order valence-electron chi connectivity index (χ2n) is 4.59. The summed E-state index contributed by atoms with van der Waals surface area (Å²) in [5.74, 6) is 1.33. The Morgan fingerprint density at radius 2 is 2.26 bits per heavy atom. The van der Waals surface area contributed by atoms with Gasteiger partial charge < -0.3 is 10.0 Å². The Morgan fingerprint density at radius 3 is 2.95 bits per heavy atom. The summed E-state index contributed by atoms with van der Waals surface area (Å²) < 4.78 is 0. The highest BCUT2D eigenvalue weighted by atomic mass is 32.2. The number of carbonyl (C=O) groups is 2. The lowest BCUT2D eigenvalue weighted by Crippen LogP contribution is -2.27. The molecular formula is C13H17NO3S2. The molecule has 1 aromatic heterocycles. The number of carboxylic acid groups (broad SMARTS) is 1. The summed E-state index contributed by atoms with van der Waals surface area (Å²) in [6.45, 7) is 0.489. The molecule has 0 aromatic carbocycles. The number of carbonyl (C=O) groups excluding carboxylic acids is 1. The van der Waals surface area contributed by atoms with E-state index < -0.39 is 5.97 Å². The fourth-order valence-electron chi connectivity index (χ4n) is 2.01. The summed E-state index contributed by atoms with van der Waals surface area (Å²) in [6.07, 6.45) is 1.66. The molecule has 1 aliphatic heterocycles. The lowest BCUT2D eigenvalue weighted by atomic mass is 10.2. The maximum atomic E-state index is 12.2. The second kappa shape index (κ2) is 6.43. The van der Waals surface area contributed by atoms with Crippen LogP contribution in [0.3, 0.4) is 0 Å². The van der Waals surface area contributed by atoms with Crippen molar-refractivity contribution in [3.63, 3.8) is 0 Å². The van der Waals surface area contributed by atoms with Crippen LogP contribution in [0.25, 0.3) is 0 Å². The molecule has 0 spiro atoms. The van der Waals surface area contributed by atoms with E-state index in [1.165, 1.54) is 10.4 Å². The van der Waals surface area contributed by atoms with E-state index in [1.807, 2.05) is 17.8 Å². The van der Waals surface area contributed by atoms with Crippen molar-refractivity contribution in [1.29, 1.82) is 0 Å². The van der Waals surface area contributed by atoms with Crippen molar-refractivity contribution in [2.75, 3.05) is 19.3 Å². The van der Waals surface area contributed by atoms with Gasteiger partial charge in [0.15, 0.2) is 0 Å². The molecule has 4 nitrogen and oxygen atoms in total. The Kier molecular flexibility index (Phi) is 4.87. The standard InChI is InChI=1S/C13H17NO3S2/c1-14(5-2-3-12(15)16)13(17)11-7-9-8-18-6-4-10(9)19-11/h7H,2-6,8H2,1H3,(H,15,16). The number of thiophene rings is 1. The first kappa shape index (κ1) is 14.4. The predicted octanol–water partition coefficient (Wildman–Crippen LogP) is 2.47. The molecule has 0 saturated carbocycles. The molecule has 0 radical (unpaired) electrons. The van der Waals surface area contributed by atoms with Crippen LogP contribution in [0.5, 0.6) is 0 Å². The monoisotopic (exact) mass is 299 g/mol. The van der Waals surface area contributed by atoms with Crippen LogP contribution in [0, 0.1) is 0 Å². The fourth-order valence-corrected chi connectivity index (χ4v) is 4.38. The van der Waals surface area contributed by atoms with Gasteiger partial charge in [-0.2, -0.15) is 11.8 Å². The normalized spacial score (nSPS) is 13.9. The number of aliphatic carboxylic acids is 1. The number of thioether (sulfide) groups is 1. The molecular weight excluding hydrogens is 282 g/mol. The van der Waals surface area contributed by atoms with Crippen molar-refractivity contribution in [2.45, 2.75) is 25.0 Å². The van der Waals surface area contributed by atoms with E-state index in [2.05, 4.69) is 0 Å². The van der Waals surface area contributed by atoms with Gasteiger partial charge in [-0.25, -0.2) is 0 Å². The van der Waals surface area contributed by atoms with E-state index in [1.54, 1.807) is 23.3 Å². The Labute approximate surface area is 120 Å². The predicted molar refractivity (Wildman–Crippen MR) is 78.0 cm³/mol. The second-order valence-corrected chi connectivity index (χ2v) is 6.83. The summed E-state index contributed by atoms with van der Waals surface area (Å²) in [5.41, 5.74) is 1.29. The maximum Gasteiger partial charge on any atom is 0.303 e. The molecule has 0 bridgehead atoms. The number of hydrogen-bond acceptors (Lipinski definition) is 4. The van der Waals surface area contributed by atoms with E-state index >= 15 is 0 Å². The Bertz CT molecular complexity index is 461. The van der Waals surface area contributed by atoms with Gasteiger partial charge in [0, 0.05) is 30.6 Å². The van der Waals surface area contributed by atoms with Crippen LogP contribution in [0.2, 0.25) is 0 Å². The zero-order valence-corrected chi connectivity index (χ0v) is 12.5. The summed E-state index contributed by atoms with van der Waals surface area (Å²) in [5, 5.41) is 8.59. The Balaban J connectivity index is 1.95. The third-order valence-corrected chi connectivity index (χ3v) is 5.30. The van der Waals surface area contributed by atoms with E-state index in [0.717, 1.165) is 22.8 Å². The van der Waals surface area contributed by atoms with E-state index in [9.17, 15) is 9.59 Å². The minimum Gasteiger partial charge on any atom is -0.481 e. The number of nitrogens with zero attached hydrogens (tertiary/aromatic N) is 1. The number of amides is 1. The first-order valence-corrected chi connectivity index (χ1v) is 8.21. The quantitative estimate of drug-likeness (QED) is 0.907. The first-order valence-electron chi connectivity index (χ1n) is 6.24. The molecule has 1 amide bonds. The molecule has 0 atom stereocenters. The van der Waals surface area contributed by atoms with Crippen LogP contribution >= 0.6 is 23.1 Å². The van der Waals surface area contributed by atoms with Gasteiger partial charge in [0.25, 0.3) is 5.91 Å². The highest BCUT2D eigenvalue weighted by molar-refractivity contribution is 7.98. The van der Waals surface area contributed by atoms with Crippen molar-refractivity contribution in [3.05, 3.63) is 21.4 Å². The van der Waals surface area contributed by atoms with Gasteiger partial charge in [0.05, 0.1) is 4.88 Å². The summed E-state index contributed by atoms with van der Waals surface area (Å²) in [7, 11) is 1.73. The third-order valence-electron chi connectivity index (χ3n) is 3.07. The smallest absolute Gasteiger partial charge is 0.303 e. The molecule has 2 heterocycles. The summed E-state index contributed by atoms with van der Waals surface area (Å²) in [4.78, 5) is 26.4. The highest BCUT2D eigenvalue weighted by Gasteiger charge is 2.19. The molecule has 19 heavy (non-hydrogen) atoms. The average molecular weight is 299 g/mol. The van der Waals surface area contributed by atoms with Crippen molar-refractivity contribution in [3.8, 4) is 0 Å². The lowest BCUT2D eigenvalue weighted by molar-refractivity contribution is -0.137. The zero-order valence-electron chi connectivity index (χ0n) is 10.8. The largest absolute Gasteiger partial charge is 0.481 e. The van der Waals surface area contributed by atoms with Gasteiger partial charge in [0.1, 0.15) is 0 Å². The number of carboxylic acids is 1. The lowest BCUT2D eigenvalue weighted by Gasteiger charge is -2.15.